The number of ether oxygens (including phenoxy) is 2. The Morgan fingerprint density at radius 3 is 2.67 bits per heavy atom. The minimum Gasteiger partial charge on any atom is -0.493 e. The summed E-state index contributed by atoms with van der Waals surface area (Å²) in [4.78, 5) is 0. The molecule has 0 aliphatic heterocycles. The third kappa shape index (κ3) is 3.82. The van der Waals surface area contributed by atoms with E-state index in [2.05, 4.69) is 5.32 Å². The monoisotopic (exact) mass is 313 g/mol. The minimum atomic E-state index is 0.247. The molecule has 0 radical (unpaired) electrons. The van der Waals surface area contributed by atoms with Crippen LogP contribution < -0.4 is 14.8 Å². The first-order valence-corrected chi connectivity index (χ1v) is 7.82. The molecule has 0 aromatic heterocycles. The maximum Gasteiger partial charge on any atom is 0.179 e. The van der Waals surface area contributed by atoms with E-state index in [1.807, 2.05) is 12.1 Å². The van der Waals surface area contributed by atoms with Crippen LogP contribution in [0.25, 0.3) is 0 Å². The van der Waals surface area contributed by atoms with Crippen molar-refractivity contribution < 1.29 is 14.6 Å². The van der Waals surface area contributed by atoms with E-state index in [1.165, 1.54) is 12.8 Å². The Morgan fingerprint density at radius 2 is 2.00 bits per heavy atom. The molecular weight excluding hydrogens is 290 g/mol. The SMILES string of the molecule is COc1ccc(CNC2CCCCC2CO)c(Cl)c1OC. The van der Waals surface area contributed by atoms with Crippen molar-refractivity contribution in [3.8, 4) is 11.5 Å². The van der Waals surface area contributed by atoms with Crippen LogP contribution in [0.5, 0.6) is 11.5 Å². The van der Waals surface area contributed by atoms with Crippen molar-refractivity contribution in [3.05, 3.63) is 22.7 Å². The van der Waals surface area contributed by atoms with Crippen LogP contribution >= 0.6 is 11.6 Å². The molecule has 0 amide bonds. The average Bonchev–Trinajstić information content (AvgIpc) is 2.53. The van der Waals surface area contributed by atoms with Gasteiger partial charge in [0.2, 0.25) is 0 Å². The summed E-state index contributed by atoms with van der Waals surface area (Å²) in [6, 6.07) is 4.17. The fourth-order valence-corrected chi connectivity index (χ4v) is 3.30. The Balaban J connectivity index is 2.06. The zero-order valence-electron chi connectivity index (χ0n) is 12.7. The predicted octanol–water partition coefficient (Wildman–Crippen LogP) is 3.00. The minimum absolute atomic E-state index is 0.247. The van der Waals surface area contributed by atoms with Crippen molar-refractivity contribution in [2.45, 2.75) is 38.3 Å². The normalized spacial score (nSPS) is 22.1. The molecule has 1 fully saturated rings. The van der Waals surface area contributed by atoms with Gasteiger partial charge in [-0.15, -0.1) is 0 Å². The summed E-state index contributed by atoms with van der Waals surface area (Å²) in [6.07, 6.45) is 4.62. The molecule has 0 spiro atoms. The lowest BCUT2D eigenvalue weighted by Gasteiger charge is -2.31. The fraction of sp³-hybridized carbons (Fsp3) is 0.625. The van der Waals surface area contributed by atoms with Crippen molar-refractivity contribution in [1.29, 1.82) is 0 Å². The number of benzene rings is 1. The van der Waals surface area contributed by atoms with Gasteiger partial charge in [-0.05, 0) is 30.4 Å². The lowest BCUT2D eigenvalue weighted by molar-refractivity contribution is 0.152. The highest BCUT2D eigenvalue weighted by atomic mass is 35.5. The van der Waals surface area contributed by atoms with Crippen LogP contribution in [0.15, 0.2) is 12.1 Å². The standard InChI is InChI=1S/C16H24ClNO3/c1-20-14-8-7-11(15(17)16(14)21-2)9-18-13-6-4-3-5-12(13)10-19/h7-8,12-13,18-19H,3-6,9-10H2,1-2H3. The first-order valence-electron chi connectivity index (χ1n) is 7.44. The van der Waals surface area contributed by atoms with Gasteiger partial charge in [-0.1, -0.05) is 30.5 Å². The van der Waals surface area contributed by atoms with Gasteiger partial charge in [0.15, 0.2) is 11.5 Å². The Labute approximate surface area is 131 Å². The van der Waals surface area contributed by atoms with Crippen LogP contribution in [-0.2, 0) is 6.54 Å². The summed E-state index contributed by atoms with van der Waals surface area (Å²) in [5, 5.41) is 13.6. The summed E-state index contributed by atoms with van der Waals surface area (Å²) in [5.41, 5.74) is 0.983. The van der Waals surface area contributed by atoms with Gasteiger partial charge < -0.3 is 19.9 Å². The summed E-state index contributed by atoms with van der Waals surface area (Å²) in [6.45, 7) is 0.914. The van der Waals surface area contributed by atoms with Crippen molar-refractivity contribution in [2.75, 3.05) is 20.8 Å². The molecule has 0 saturated heterocycles. The number of nitrogens with one attached hydrogen (secondary N) is 1. The van der Waals surface area contributed by atoms with Crippen molar-refractivity contribution >= 4 is 11.6 Å². The molecule has 118 valence electrons. The second-order valence-electron chi connectivity index (χ2n) is 5.49. The van der Waals surface area contributed by atoms with E-state index in [4.69, 9.17) is 21.1 Å². The molecule has 0 heterocycles. The molecule has 2 unspecified atom stereocenters. The lowest BCUT2D eigenvalue weighted by atomic mass is 9.85. The molecule has 1 aliphatic rings. The topological polar surface area (TPSA) is 50.7 Å². The first kappa shape index (κ1) is 16.4. The van der Waals surface area contributed by atoms with Crippen LogP contribution in [-0.4, -0.2) is 32.0 Å². The van der Waals surface area contributed by atoms with Gasteiger partial charge in [0.25, 0.3) is 0 Å². The zero-order chi connectivity index (χ0) is 15.2. The number of methoxy groups -OCH3 is 2. The third-order valence-corrected chi connectivity index (χ3v) is 4.68. The van der Waals surface area contributed by atoms with Gasteiger partial charge in [0, 0.05) is 19.2 Å². The molecule has 1 aromatic carbocycles. The van der Waals surface area contributed by atoms with Crippen LogP contribution in [0.3, 0.4) is 0 Å². The number of rotatable bonds is 6. The summed E-state index contributed by atoms with van der Waals surface area (Å²) < 4.78 is 10.6. The fourth-order valence-electron chi connectivity index (χ4n) is 3.00. The van der Waals surface area contributed by atoms with Crippen molar-refractivity contribution in [1.82, 2.24) is 5.32 Å². The van der Waals surface area contributed by atoms with E-state index < -0.39 is 0 Å². The summed E-state index contributed by atoms with van der Waals surface area (Å²) in [7, 11) is 3.18. The maximum absolute atomic E-state index is 9.46. The molecule has 1 aliphatic carbocycles. The van der Waals surface area contributed by atoms with Gasteiger partial charge in [-0.25, -0.2) is 0 Å². The van der Waals surface area contributed by atoms with Gasteiger partial charge in [-0.2, -0.15) is 0 Å². The van der Waals surface area contributed by atoms with Crippen LogP contribution in [0.1, 0.15) is 31.2 Å². The number of aliphatic hydroxyl groups excluding tert-OH is 1. The highest BCUT2D eigenvalue weighted by molar-refractivity contribution is 6.33. The van der Waals surface area contributed by atoms with E-state index in [1.54, 1.807) is 14.2 Å². The number of aliphatic hydroxyl groups is 1. The summed E-state index contributed by atoms with van der Waals surface area (Å²) >= 11 is 6.39. The first-order chi connectivity index (χ1) is 10.2. The van der Waals surface area contributed by atoms with Gasteiger partial charge in [-0.3, -0.25) is 0 Å². The molecule has 2 atom stereocenters. The van der Waals surface area contributed by atoms with E-state index in [9.17, 15) is 5.11 Å². The second-order valence-corrected chi connectivity index (χ2v) is 5.87. The Morgan fingerprint density at radius 1 is 1.24 bits per heavy atom. The van der Waals surface area contributed by atoms with E-state index >= 15 is 0 Å². The molecule has 2 N–H and O–H groups in total. The van der Waals surface area contributed by atoms with Crippen molar-refractivity contribution in [3.63, 3.8) is 0 Å². The smallest absolute Gasteiger partial charge is 0.179 e. The van der Waals surface area contributed by atoms with Gasteiger partial charge >= 0.3 is 0 Å². The maximum atomic E-state index is 9.46. The van der Waals surface area contributed by atoms with Crippen LogP contribution in [0.2, 0.25) is 5.02 Å². The molecular formula is C16H24ClNO3. The number of halogens is 1. The Bertz CT molecular complexity index is 467. The largest absolute Gasteiger partial charge is 0.493 e. The molecule has 1 saturated carbocycles. The highest BCUT2D eigenvalue weighted by Gasteiger charge is 2.24. The molecule has 21 heavy (non-hydrogen) atoms. The zero-order valence-corrected chi connectivity index (χ0v) is 13.4. The summed E-state index contributed by atoms with van der Waals surface area (Å²) in [5.74, 6) is 1.55. The van der Waals surface area contributed by atoms with Gasteiger partial charge in [0.05, 0.1) is 19.2 Å². The Kier molecular flexibility index (Phi) is 6.15. The lowest BCUT2D eigenvalue weighted by Crippen LogP contribution is -2.39. The van der Waals surface area contributed by atoms with Crippen LogP contribution in [0.4, 0.5) is 0 Å². The molecule has 4 nitrogen and oxygen atoms in total. The molecule has 1 aromatic rings. The number of hydrogen-bond acceptors (Lipinski definition) is 4. The Hall–Kier alpha value is -0.970. The van der Waals surface area contributed by atoms with E-state index in [-0.39, 0.29) is 6.61 Å². The highest BCUT2D eigenvalue weighted by Crippen LogP contribution is 2.37. The predicted molar refractivity (Wildman–Crippen MR) is 84.2 cm³/mol. The average molecular weight is 314 g/mol. The van der Waals surface area contributed by atoms with E-state index in [0.717, 1.165) is 18.4 Å². The molecule has 2 rings (SSSR count). The van der Waals surface area contributed by atoms with Gasteiger partial charge in [0.1, 0.15) is 0 Å². The number of hydrogen-bond donors (Lipinski definition) is 2. The second kappa shape index (κ2) is 7.87. The van der Waals surface area contributed by atoms with E-state index in [0.29, 0.717) is 35.0 Å². The van der Waals surface area contributed by atoms with Crippen molar-refractivity contribution in [2.24, 2.45) is 5.92 Å². The quantitative estimate of drug-likeness (QED) is 0.847. The molecule has 5 heteroatoms. The molecule has 0 bridgehead atoms. The third-order valence-electron chi connectivity index (χ3n) is 4.26. The van der Waals surface area contributed by atoms with Crippen LogP contribution in [0, 0.1) is 5.92 Å².